The fraction of sp³-hybridized carbons (Fsp3) is 0.556. The van der Waals surface area contributed by atoms with Crippen LogP contribution in [-0.2, 0) is 26.6 Å². The Balaban J connectivity index is 1.51. The lowest BCUT2D eigenvalue weighted by atomic mass is 9.96. The van der Waals surface area contributed by atoms with Crippen molar-refractivity contribution in [2.24, 2.45) is 5.92 Å². The van der Waals surface area contributed by atoms with Crippen molar-refractivity contribution in [1.82, 2.24) is 14.5 Å². The zero-order chi connectivity index (χ0) is 20.3. The second-order valence-electron chi connectivity index (χ2n) is 7.07. The predicted octanol–water partition coefficient (Wildman–Crippen LogP) is 1.25. The molecule has 3 amide bonds. The van der Waals surface area contributed by atoms with Crippen molar-refractivity contribution in [2.45, 2.75) is 29.4 Å². The highest BCUT2D eigenvalue weighted by molar-refractivity contribution is 7.85. The van der Waals surface area contributed by atoms with Crippen LogP contribution in [0.3, 0.4) is 0 Å². The molecule has 3 unspecified atom stereocenters. The third-order valence-corrected chi connectivity index (χ3v) is 7.36. The number of piperidine rings is 1. The van der Waals surface area contributed by atoms with Gasteiger partial charge in [-0.25, -0.2) is 13.4 Å². The number of hydrogen-bond donors (Lipinski definition) is 1. The van der Waals surface area contributed by atoms with E-state index in [0.717, 1.165) is 0 Å². The number of carbonyl (C=O) groups is 2. The van der Waals surface area contributed by atoms with Crippen LogP contribution in [-0.4, -0.2) is 67.8 Å². The van der Waals surface area contributed by atoms with E-state index >= 15 is 0 Å². The van der Waals surface area contributed by atoms with Gasteiger partial charge in [-0.15, -0.1) is 0 Å². The van der Waals surface area contributed by atoms with Gasteiger partial charge in [-0.3, -0.25) is 13.7 Å². The van der Waals surface area contributed by atoms with Crippen molar-refractivity contribution in [1.29, 1.82) is 0 Å². The molecule has 3 atom stereocenters. The van der Waals surface area contributed by atoms with E-state index in [0.29, 0.717) is 50.3 Å². The van der Waals surface area contributed by atoms with Gasteiger partial charge in [0.1, 0.15) is 16.8 Å². The summed E-state index contributed by atoms with van der Waals surface area (Å²) in [4.78, 5) is 28.7. The highest BCUT2D eigenvalue weighted by atomic mass is 32.2. The van der Waals surface area contributed by atoms with Crippen LogP contribution in [0.2, 0.25) is 0 Å². The average molecular weight is 430 g/mol. The Morgan fingerprint density at radius 1 is 1.04 bits per heavy atom. The Hall–Kier alpha value is -1.81. The van der Waals surface area contributed by atoms with Crippen molar-refractivity contribution in [3.63, 3.8) is 0 Å². The van der Waals surface area contributed by atoms with Gasteiger partial charge >= 0.3 is 6.03 Å². The van der Waals surface area contributed by atoms with Crippen molar-refractivity contribution in [3.05, 3.63) is 30.1 Å². The van der Waals surface area contributed by atoms with Crippen molar-refractivity contribution in [3.8, 4) is 0 Å². The molecule has 0 aliphatic carbocycles. The van der Waals surface area contributed by atoms with Crippen molar-refractivity contribution >= 4 is 33.7 Å². The second kappa shape index (κ2) is 9.13. The van der Waals surface area contributed by atoms with Crippen LogP contribution in [0.5, 0.6) is 0 Å². The molecule has 0 bridgehead atoms. The third-order valence-electron chi connectivity index (χ3n) is 5.14. The van der Waals surface area contributed by atoms with Gasteiger partial charge in [-0.2, -0.15) is 0 Å². The molecule has 0 saturated carbocycles. The molecule has 28 heavy (non-hydrogen) atoms. The fourth-order valence-electron chi connectivity index (χ4n) is 3.60. The van der Waals surface area contributed by atoms with Gasteiger partial charge in [-0.05, 0) is 43.5 Å². The summed E-state index contributed by atoms with van der Waals surface area (Å²) in [5.41, 5.74) is 0. The fourth-order valence-corrected chi connectivity index (χ4v) is 5.47. The molecule has 3 rings (SSSR count). The van der Waals surface area contributed by atoms with Gasteiger partial charge < -0.3 is 9.80 Å². The number of likely N-dealkylation sites (tertiary alicyclic amines) is 2. The maximum absolute atomic E-state index is 13.0. The quantitative estimate of drug-likeness (QED) is 0.781. The molecule has 2 aliphatic rings. The third kappa shape index (κ3) is 4.96. The Morgan fingerprint density at radius 3 is 2.25 bits per heavy atom. The van der Waals surface area contributed by atoms with Crippen LogP contribution in [0, 0.1) is 11.7 Å². The summed E-state index contributed by atoms with van der Waals surface area (Å²) in [6, 6.07) is 5.53. The molecular weight excluding hydrogens is 405 g/mol. The molecule has 7 nitrogen and oxygen atoms in total. The Labute approximate surface area is 168 Å². The van der Waals surface area contributed by atoms with Crippen LogP contribution in [0.1, 0.15) is 19.3 Å². The predicted molar refractivity (Wildman–Crippen MR) is 105 cm³/mol. The number of benzene rings is 1. The number of urea groups is 1. The first kappa shape index (κ1) is 20.9. The van der Waals surface area contributed by atoms with E-state index < -0.39 is 21.8 Å². The minimum Gasteiger partial charge on any atom is -0.325 e. The Morgan fingerprint density at radius 2 is 1.64 bits per heavy atom. The summed E-state index contributed by atoms with van der Waals surface area (Å²) in [6.07, 6.45) is 3.12. The summed E-state index contributed by atoms with van der Waals surface area (Å²) in [5, 5.41) is -0.169. The van der Waals surface area contributed by atoms with Gasteiger partial charge in [0.05, 0.1) is 16.0 Å². The van der Waals surface area contributed by atoms with E-state index in [1.54, 1.807) is 9.80 Å². The topological polar surface area (TPSA) is 86.8 Å². The zero-order valence-corrected chi connectivity index (χ0v) is 17.3. The van der Waals surface area contributed by atoms with E-state index in [-0.39, 0.29) is 28.9 Å². The number of nitrogens with one attached hydrogen (secondary N) is 1. The lowest BCUT2D eigenvalue weighted by molar-refractivity contribution is -0.124. The molecule has 2 aliphatic heterocycles. The summed E-state index contributed by atoms with van der Waals surface area (Å²) in [7, 11) is -2.67. The first-order valence-corrected chi connectivity index (χ1v) is 12.0. The largest absolute Gasteiger partial charge is 0.325 e. The van der Waals surface area contributed by atoms with E-state index in [1.807, 2.05) is 0 Å². The van der Waals surface area contributed by atoms with Gasteiger partial charge in [0.15, 0.2) is 0 Å². The summed E-state index contributed by atoms with van der Waals surface area (Å²) in [5.74, 6) is -0.833. The van der Waals surface area contributed by atoms with Gasteiger partial charge in [0.25, 0.3) is 0 Å². The molecule has 2 heterocycles. The summed E-state index contributed by atoms with van der Waals surface area (Å²) < 4.78 is 39.2. The van der Waals surface area contributed by atoms with E-state index in [1.165, 1.54) is 30.5 Å². The Kier molecular flexibility index (Phi) is 6.82. The number of halogens is 1. The molecule has 10 heteroatoms. The normalized spacial score (nSPS) is 22.7. The number of hydrogen-bond acceptors (Lipinski definition) is 4. The monoisotopic (exact) mass is 429 g/mol. The highest BCUT2D eigenvalue weighted by Gasteiger charge is 2.35. The van der Waals surface area contributed by atoms with Crippen LogP contribution < -0.4 is 4.72 Å². The first-order chi connectivity index (χ1) is 13.3. The molecule has 2 saturated heterocycles. The molecule has 0 radical (unpaired) electrons. The van der Waals surface area contributed by atoms with E-state index in [4.69, 9.17) is 0 Å². The second-order valence-corrected chi connectivity index (χ2v) is 9.92. The highest BCUT2D eigenvalue weighted by Crippen LogP contribution is 2.24. The molecule has 0 aromatic heterocycles. The van der Waals surface area contributed by atoms with Crippen LogP contribution in [0.4, 0.5) is 9.18 Å². The molecule has 1 aromatic carbocycles. The molecular formula is C18H24FN3O4S2. The number of rotatable bonds is 4. The van der Waals surface area contributed by atoms with Crippen LogP contribution >= 0.6 is 0 Å². The molecule has 0 spiro atoms. The van der Waals surface area contributed by atoms with Gasteiger partial charge in [0, 0.05) is 43.2 Å². The van der Waals surface area contributed by atoms with E-state index in [2.05, 4.69) is 4.72 Å². The molecule has 2 fully saturated rings. The van der Waals surface area contributed by atoms with Crippen LogP contribution in [0.25, 0.3) is 0 Å². The number of nitrogens with zero attached hydrogens (tertiary/aromatic N) is 2. The Bertz CT molecular complexity index is 782. The lowest BCUT2D eigenvalue weighted by Gasteiger charge is -2.34. The van der Waals surface area contributed by atoms with Gasteiger partial charge in [-0.1, -0.05) is 0 Å². The minimum absolute atomic E-state index is 0.100. The maximum atomic E-state index is 13.0. The molecule has 154 valence electrons. The molecule has 1 N–H and O–H groups in total. The minimum atomic E-state index is -1.38. The lowest BCUT2D eigenvalue weighted by Crippen LogP contribution is -2.48. The van der Waals surface area contributed by atoms with Crippen molar-refractivity contribution < 1.29 is 22.4 Å². The van der Waals surface area contributed by atoms with Crippen LogP contribution in [0.15, 0.2) is 29.2 Å². The van der Waals surface area contributed by atoms with Gasteiger partial charge in [0.2, 0.25) is 5.91 Å². The number of amides is 3. The van der Waals surface area contributed by atoms with Crippen molar-refractivity contribution in [2.75, 3.05) is 32.4 Å². The maximum Gasteiger partial charge on any atom is 0.320 e. The number of carbonyl (C=O) groups excluding carboxylic acids is 2. The summed E-state index contributed by atoms with van der Waals surface area (Å²) in [6.45, 7) is 1.87. The smallest absolute Gasteiger partial charge is 0.320 e. The summed E-state index contributed by atoms with van der Waals surface area (Å²) >= 11 is 0. The standard InChI is InChI=1S/C18H24FN3O4S2/c1-27(25)20-17(23)13-6-9-21(10-7-13)18(24)22-11-8-16(12-22)28(26)15-4-2-14(19)3-5-15/h2-5,13,16H,6-12H2,1H3,(H,20,23). The average Bonchev–Trinajstić information content (AvgIpc) is 3.17. The van der Waals surface area contributed by atoms with E-state index in [9.17, 15) is 22.4 Å². The zero-order valence-electron chi connectivity index (χ0n) is 15.6. The first-order valence-electron chi connectivity index (χ1n) is 9.19. The SMILES string of the molecule is CS(=O)NC(=O)C1CCN(C(=O)N2CCC(S(=O)c3ccc(F)cc3)C2)CC1. The molecule has 1 aromatic rings.